The van der Waals surface area contributed by atoms with Crippen LogP contribution in [0.5, 0.6) is 0 Å². The SMILES string of the molecule is Cc1cccc2cccc(C(=O)[O-])c12.Cc1cccc2cccc(C(=O)[O-])c12.[Cd+2]. The minimum Gasteiger partial charge on any atom is -0.545 e. The van der Waals surface area contributed by atoms with Crippen molar-refractivity contribution in [2.75, 3.05) is 0 Å². The zero-order valence-corrected chi connectivity index (χ0v) is 20.3. The van der Waals surface area contributed by atoms with E-state index in [1.165, 1.54) is 0 Å². The van der Waals surface area contributed by atoms with Gasteiger partial charge in [-0.15, -0.1) is 0 Å². The first kappa shape index (κ1) is 22.6. The molecule has 4 aromatic carbocycles. The molecular weight excluding hydrogens is 465 g/mol. The van der Waals surface area contributed by atoms with Gasteiger partial charge in [-0.25, -0.2) is 0 Å². The molecule has 4 rings (SSSR count). The third kappa shape index (κ3) is 4.82. The van der Waals surface area contributed by atoms with E-state index >= 15 is 0 Å². The average molecular weight is 483 g/mol. The second-order valence-corrected chi connectivity index (χ2v) is 6.53. The van der Waals surface area contributed by atoms with Gasteiger partial charge in [-0.1, -0.05) is 72.8 Å². The van der Waals surface area contributed by atoms with E-state index in [-0.39, 0.29) is 38.4 Å². The van der Waals surface area contributed by atoms with Crippen LogP contribution in [0.25, 0.3) is 21.5 Å². The third-order valence-electron chi connectivity index (χ3n) is 4.67. The summed E-state index contributed by atoms with van der Waals surface area (Å²) < 4.78 is 0. The van der Waals surface area contributed by atoms with Gasteiger partial charge >= 0.3 is 27.3 Å². The molecule has 4 nitrogen and oxygen atoms in total. The summed E-state index contributed by atoms with van der Waals surface area (Å²) in [6, 6.07) is 21.8. The number of carbonyl (C=O) groups excluding carboxylic acids is 2. The molecule has 5 heteroatoms. The molecule has 0 fully saturated rings. The fourth-order valence-electron chi connectivity index (χ4n) is 3.40. The van der Waals surface area contributed by atoms with Crippen molar-refractivity contribution in [2.45, 2.75) is 13.8 Å². The molecule has 0 spiro atoms. The van der Waals surface area contributed by atoms with Gasteiger partial charge in [0.1, 0.15) is 0 Å². The van der Waals surface area contributed by atoms with E-state index in [2.05, 4.69) is 0 Å². The molecule has 0 unspecified atom stereocenters. The Morgan fingerprint density at radius 1 is 0.586 bits per heavy atom. The normalized spacial score (nSPS) is 10.0. The average Bonchev–Trinajstić information content (AvgIpc) is 2.68. The Labute approximate surface area is 189 Å². The van der Waals surface area contributed by atoms with E-state index in [4.69, 9.17) is 0 Å². The van der Waals surface area contributed by atoms with Crippen LogP contribution in [-0.2, 0) is 27.3 Å². The molecule has 0 bridgehead atoms. The molecular formula is C24H18CdO4. The summed E-state index contributed by atoms with van der Waals surface area (Å²) in [5.74, 6) is -2.24. The molecule has 0 aliphatic carbocycles. The molecule has 0 radical (unpaired) electrons. The summed E-state index contributed by atoms with van der Waals surface area (Å²) in [6.07, 6.45) is 0. The second kappa shape index (κ2) is 9.65. The molecule has 0 aromatic heterocycles. The summed E-state index contributed by atoms with van der Waals surface area (Å²) in [6.45, 7) is 3.80. The quantitative estimate of drug-likeness (QED) is 0.411. The Hall–Kier alpha value is -2.74. The minimum atomic E-state index is -1.12. The number of carboxylic acids is 2. The van der Waals surface area contributed by atoms with Gasteiger partial charge in [0.05, 0.1) is 11.9 Å². The molecule has 0 aliphatic heterocycles. The van der Waals surface area contributed by atoms with Gasteiger partial charge in [-0.05, 0) is 46.5 Å². The second-order valence-electron chi connectivity index (χ2n) is 6.53. The van der Waals surface area contributed by atoms with Gasteiger partial charge in [0, 0.05) is 11.1 Å². The topological polar surface area (TPSA) is 80.3 Å². The molecule has 0 heterocycles. The van der Waals surface area contributed by atoms with Crippen LogP contribution in [0.1, 0.15) is 31.8 Å². The third-order valence-corrected chi connectivity index (χ3v) is 4.67. The Morgan fingerprint density at radius 2 is 0.897 bits per heavy atom. The van der Waals surface area contributed by atoms with Gasteiger partial charge < -0.3 is 19.8 Å². The maximum atomic E-state index is 10.9. The van der Waals surface area contributed by atoms with Crippen molar-refractivity contribution in [1.82, 2.24) is 0 Å². The number of aromatic carboxylic acids is 2. The van der Waals surface area contributed by atoms with E-state index in [0.29, 0.717) is 0 Å². The van der Waals surface area contributed by atoms with E-state index in [1.807, 2.05) is 62.4 Å². The molecule has 0 saturated heterocycles. The van der Waals surface area contributed by atoms with Crippen molar-refractivity contribution in [3.05, 3.63) is 95.1 Å². The summed E-state index contributed by atoms with van der Waals surface area (Å²) in [5.41, 5.74) is 2.45. The van der Waals surface area contributed by atoms with Crippen LogP contribution in [0.2, 0.25) is 0 Å². The molecule has 29 heavy (non-hydrogen) atoms. The van der Waals surface area contributed by atoms with Gasteiger partial charge in [0.2, 0.25) is 0 Å². The predicted molar refractivity (Wildman–Crippen MR) is 106 cm³/mol. The largest absolute Gasteiger partial charge is 2.00 e. The predicted octanol–water partition coefficient (Wildman–Crippen LogP) is 3.02. The number of carboxylic acid groups (broad SMARTS) is 2. The minimum absolute atomic E-state index is 0. The first-order valence-electron chi connectivity index (χ1n) is 8.79. The van der Waals surface area contributed by atoms with Crippen LogP contribution in [0.4, 0.5) is 0 Å². The summed E-state index contributed by atoms with van der Waals surface area (Å²) in [7, 11) is 0. The van der Waals surface area contributed by atoms with Crippen LogP contribution >= 0.6 is 0 Å². The number of benzene rings is 4. The number of hydrogen-bond acceptors (Lipinski definition) is 4. The Kier molecular flexibility index (Phi) is 7.50. The number of rotatable bonds is 2. The van der Waals surface area contributed by atoms with Crippen molar-refractivity contribution >= 4 is 33.5 Å². The van der Waals surface area contributed by atoms with Crippen molar-refractivity contribution in [3.63, 3.8) is 0 Å². The first-order chi connectivity index (χ1) is 13.4. The van der Waals surface area contributed by atoms with Gasteiger partial charge in [-0.2, -0.15) is 0 Å². The maximum absolute atomic E-state index is 10.9. The summed E-state index contributed by atoms with van der Waals surface area (Å²) in [5, 5.41) is 25.1. The maximum Gasteiger partial charge on any atom is 2.00 e. The van der Waals surface area contributed by atoms with Crippen molar-refractivity contribution in [1.29, 1.82) is 0 Å². The molecule has 0 N–H and O–H groups in total. The molecule has 140 valence electrons. The van der Waals surface area contributed by atoms with E-state index < -0.39 is 11.9 Å². The van der Waals surface area contributed by atoms with Gasteiger partial charge in [-0.3, -0.25) is 0 Å². The van der Waals surface area contributed by atoms with Crippen LogP contribution < -0.4 is 10.2 Å². The standard InChI is InChI=1S/2C12H10O2.Cd/c2*1-8-4-2-5-9-6-3-7-10(11(8)9)12(13)14;/h2*2-7H,1H3,(H,13,14);/q;;+2/p-2. The zero-order chi connectivity index (χ0) is 20.3. The summed E-state index contributed by atoms with van der Waals surface area (Å²) >= 11 is 0. The van der Waals surface area contributed by atoms with Crippen molar-refractivity contribution < 1.29 is 47.1 Å². The Morgan fingerprint density at radius 3 is 1.21 bits per heavy atom. The molecule has 0 atom stereocenters. The molecule has 0 aliphatic rings. The molecule has 4 aromatic rings. The number of carbonyl (C=O) groups is 2. The van der Waals surface area contributed by atoms with Crippen molar-refractivity contribution in [3.8, 4) is 0 Å². The van der Waals surface area contributed by atoms with Crippen LogP contribution in [0.3, 0.4) is 0 Å². The van der Waals surface area contributed by atoms with Crippen LogP contribution in [0.15, 0.2) is 72.8 Å². The van der Waals surface area contributed by atoms with Crippen molar-refractivity contribution in [2.24, 2.45) is 0 Å². The van der Waals surface area contributed by atoms with E-state index in [1.54, 1.807) is 24.3 Å². The fourth-order valence-corrected chi connectivity index (χ4v) is 3.40. The van der Waals surface area contributed by atoms with Gasteiger partial charge in [0.25, 0.3) is 0 Å². The van der Waals surface area contributed by atoms with E-state index in [9.17, 15) is 19.8 Å². The van der Waals surface area contributed by atoms with E-state index in [0.717, 1.165) is 32.7 Å². The Bertz CT molecular complexity index is 1090. The van der Waals surface area contributed by atoms with Crippen LogP contribution in [0, 0.1) is 13.8 Å². The fraction of sp³-hybridized carbons (Fsp3) is 0.0833. The summed E-state index contributed by atoms with van der Waals surface area (Å²) in [4.78, 5) is 21.7. The first-order valence-corrected chi connectivity index (χ1v) is 8.79. The van der Waals surface area contributed by atoms with Crippen LogP contribution in [-0.4, -0.2) is 11.9 Å². The number of aryl methyl sites for hydroxylation is 2. The number of hydrogen-bond donors (Lipinski definition) is 0. The zero-order valence-electron chi connectivity index (χ0n) is 16.3. The monoisotopic (exact) mass is 484 g/mol. The Balaban J connectivity index is 0.000000200. The molecule has 0 amide bonds. The number of fused-ring (bicyclic) bond motifs is 2. The smallest absolute Gasteiger partial charge is 0.545 e. The van der Waals surface area contributed by atoms with Gasteiger partial charge in [0.15, 0.2) is 0 Å². The molecule has 0 saturated carbocycles.